The van der Waals surface area contributed by atoms with E-state index in [1.165, 1.54) is 19.2 Å². The highest BCUT2D eigenvalue weighted by Gasteiger charge is 2.19. The number of carbonyl (C=O) groups is 3. The zero-order valence-corrected chi connectivity index (χ0v) is 14.5. The van der Waals surface area contributed by atoms with Gasteiger partial charge in [0.2, 0.25) is 0 Å². The van der Waals surface area contributed by atoms with E-state index in [0.29, 0.717) is 11.1 Å². The first kappa shape index (κ1) is 19.6. The van der Waals surface area contributed by atoms with E-state index >= 15 is 0 Å². The number of benzene rings is 2. The number of non-ortho nitro benzene ring substituents is 1. The standard InChI is InChI=1S/C18H15NO8/c1-25-16(20)12-5-3-11(4-6-12)10-27-18(22)14-7-13(17(21)26-2)8-15(9-14)19(23)24/h3-9H,10H2,1-2H3. The van der Waals surface area contributed by atoms with Crippen molar-refractivity contribution in [2.45, 2.75) is 6.61 Å². The molecule has 0 aliphatic carbocycles. The van der Waals surface area contributed by atoms with Gasteiger partial charge in [0, 0.05) is 12.1 Å². The molecule has 0 amide bonds. The molecule has 27 heavy (non-hydrogen) atoms. The second-order valence-corrected chi connectivity index (χ2v) is 5.28. The molecule has 0 heterocycles. The minimum atomic E-state index is -0.846. The molecule has 0 aliphatic heterocycles. The molecule has 0 unspecified atom stereocenters. The summed E-state index contributed by atoms with van der Waals surface area (Å²) in [5.74, 6) is -2.16. The lowest BCUT2D eigenvalue weighted by atomic mass is 10.1. The number of nitro benzene ring substituents is 1. The molecule has 0 spiro atoms. The maximum Gasteiger partial charge on any atom is 0.338 e. The predicted molar refractivity (Wildman–Crippen MR) is 91.3 cm³/mol. The van der Waals surface area contributed by atoms with Crippen LogP contribution in [-0.2, 0) is 20.8 Å². The van der Waals surface area contributed by atoms with Crippen LogP contribution < -0.4 is 0 Å². The summed E-state index contributed by atoms with van der Waals surface area (Å²) in [6.07, 6.45) is 0. The van der Waals surface area contributed by atoms with Crippen molar-refractivity contribution in [3.63, 3.8) is 0 Å². The zero-order valence-electron chi connectivity index (χ0n) is 14.5. The topological polar surface area (TPSA) is 122 Å². The predicted octanol–water partition coefficient (Wildman–Crippen LogP) is 2.53. The fraction of sp³-hybridized carbons (Fsp3) is 0.167. The first-order valence-electron chi connectivity index (χ1n) is 7.58. The fourth-order valence-corrected chi connectivity index (χ4v) is 2.16. The zero-order chi connectivity index (χ0) is 20.0. The lowest BCUT2D eigenvalue weighted by molar-refractivity contribution is -0.384. The van der Waals surface area contributed by atoms with Gasteiger partial charge in [-0.05, 0) is 23.8 Å². The van der Waals surface area contributed by atoms with Gasteiger partial charge in [0.15, 0.2) is 0 Å². The molecule has 140 valence electrons. The third-order valence-electron chi connectivity index (χ3n) is 3.53. The second-order valence-electron chi connectivity index (χ2n) is 5.28. The van der Waals surface area contributed by atoms with Crippen LogP contribution in [0.1, 0.15) is 36.6 Å². The smallest absolute Gasteiger partial charge is 0.338 e. The molecule has 0 saturated carbocycles. The van der Waals surface area contributed by atoms with Crippen molar-refractivity contribution in [3.05, 3.63) is 74.8 Å². The van der Waals surface area contributed by atoms with Crippen LogP contribution in [0.25, 0.3) is 0 Å². The summed E-state index contributed by atoms with van der Waals surface area (Å²) in [4.78, 5) is 45.5. The monoisotopic (exact) mass is 373 g/mol. The Balaban J connectivity index is 2.15. The fourth-order valence-electron chi connectivity index (χ4n) is 2.16. The van der Waals surface area contributed by atoms with Crippen LogP contribution in [0, 0.1) is 10.1 Å². The van der Waals surface area contributed by atoms with E-state index in [1.54, 1.807) is 12.1 Å². The molecule has 0 aromatic heterocycles. The number of rotatable bonds is 6. The van der Waals surface area contributed by atoms with E-state index < -0.39 is 28.5 Å². The molecule has 0 aliphatic rings. The van der Waals surface area contributed by atoms with E-state index in [9.17, 15) is 24.5 Å². The van der Waals surface area contributed by atoms with Crippen LogP contribution >= 0.6 is 0 Å². The number of nitrogens with zero attached hydrogens (tertiary/aromatic N) is 1. The highest BCUT2D eigenvalue weighted by Crippen LogP contribution is 2.19. The summed E-state index contributed by atoms with van der Waals surface area (Å²) in [5.41, 5.74) is 0.202. The van der Waals surface area contributed by atoms with Gasteiger partial charge in [-0.2, -0.15) is 0 Å². The third kappa shape index (κ3) is 4.88. The first-order valence-corrected chi connectivity index (χ1v) is 7.58. The van der Waals surface area contributed by atoms with Gasteiger partial charge in [0.05, 0.1) is 35.8 Å². The SMILES string of the molecule is COC(=O)c1ccc(COC(=O)c2cc(C(=O)OC)cc([N+](=O)[O-])c2)cc1. The van der Waals surface area contributed by atoms with Crippen LogP contribution in [0.3, 0.4) is 0 Å². The van der Waals surface area contributed by atoms with Crippen LogP contribution in [0.4, 0.5) is 5.69 Å². The van der Waals surface area contributed by atoms with Crippen molar-refractivity contribution in [2.75, 3.05) is 14.2 Å². The molecular formula is C18H15NO8. The van der Waals surface area contributed by atoms with E-state index in [1.807, 2.05) is 0 Å². The highest BCUT2D eigenvalue weighted by molar-refractivity contribution is 5.96. The Morgan fingerprint density at radius 1 is 0.852 bits per heavy atom. The molecule has 2 aromatic carbocycles. The normalized spacial score (nSPS) is 10.0. The maximum atomic E-state index is 12.2. The average Bonchev–Trinajstić information content (AvgIpc) is 2.70. The summed E-state index contributed by atoms with van der Waals surface area (Å²) in [6, 6.07) is 9.35. The number of hydrogen-bond acceptors (Lipinski definition) is 8. The van der Waals surface area contributed by atoms with Crippen LogP contribution in [0.2, 0.25) is 0 Å². The number of hydrogen-bond donors (Lipinski definition) is 0. The van der Waals surface area contributed by atoms with Crippen LogP contribution in [0.15, 0.2) is 42.5 Å². The Morgan fingerprint density at radius 2 is 1.37 bits per heavy atom. The maximum absolute atomic E-state index is 12.2. The van der Waals surface area contributed by atoms with Gasteiger partial charge in [0.1, 0.15) is 6.61 Å². The largest absolute Gasteiger partial charge is 0.465 e. The van der Waals surface area contributed by atoms with Crippen molar-refractivity contribution in [2.24, 2.45) is 0 Å². The van der Waals surface area contributed by atoms with Gasteiger partial charge in [-0.25, -0.2) is 14.4 Å². The lowest BCUT2D eigenvalue weighted by Crippen LogP contribution is -2.09. The van der Waals surface area contributed by atoms with E-state index in [2.05, 4.69) is 9.47 Å². The second kappa shape index (κ2) is 8.56. The summed E-state index contributed by atoms with van der Waals surface area (Å²) in [7, 11) is 2.39. The van der Waals surface area contributed by atoms with E-state index in [-0.39, 0.29) is 17.7 Å². The first-order chi connectivity index (χ1) is 12.8. The number of carbonyl (C=O) groups excluding carboxylic acids is 3. The molecule has 9 heteroatoms. The Hall–Kier alpha value is -3.75. The van der Waals surface area contributed by atoms with Gasteiger partial charge in [-0.1, -0.05) is 12.1 Å². The average molecular weight is 373 g/mol. The number of ether oxygens (including phenoxy) is 3. The van der Waals surface area contributed by atoms with Crippen molar-refractivity contribution in [1.29, 1.82) is 0 Å². The van der Waals surface area contributed by atoms with E-state index in [4.69, 9.17) is 4.74 Å². The van der Waals surface area contributed by atoms with Gasteiger partial charge in [-0.15, -0.1) is 0 Å². The van der Waals surface area contributed by atoms with E-state index in [0.717, 1.165) is 25.3 Å². The summed E-state index contributed by atoms with van der Waals surface area (Å²) >= 11 is 0. The molecule has 0 fully saturated rings. The van der Waals surface area contributed by atoms with Gasteiger partial charge < -0.3 is 14.2 Å². The van der Waals surface area contributed by atoms with Crippen molar-refractivity contribution < 1.29 is 33.5 Å². The molecule has 9 nitrogen and oxygen atoms in total. The van der Waals surface area contributed by atoms with Gasteiger partial charge in [0.25, 0.3) is 5.69 Å². The van der Waals surface area contributed by atoms with Crippen molar-refractivity contribution in [1.82, 2.24) is 0 Å². The van der Waals surface area contributed by atoms with Crippen LogP contribution in [0.5, 0.6) is 0 Å². The Kier molecular flexibility index (Phi) is 6.21. The Morgan fingerprint density at radius 3 is 1.89 bits per heavy atom. The van der Waals surface area contributed by atoms with Gasteiger partial charge in [-0.3, -0.25) is 10.1 Å². The quantitative estimate of drug-likeness (QED) is 0.328. The Labute approximate surface area is 153 Å². The molecule has 0 bridgehead atoms. The summed E-state index contributed by atoms with van der Waals surface area (Å²) in [6.45, 7) is -0.128. The minimum Gasteiger partial charge on any atom is -0.465 e. The number of esters is 3. The van der Waals surface area contributed by atoms with Crippen molar-refractivity contribution in [3.8, 4) is 0 Å². The minimum absolute atomic E-state index is 0.128. The molecule has 2 aromatic rings. The lowest BCUT2D eigenvalue weighted by Gasteiger charge is -2.07. The molecule has 0 radical (unpaired) electrons. The van der Waals surface area contributed by atoms with Crippen molar-refractivity contribution >= 4 is 23.6 Å². The molecule has 2 rings (SSSR count). The Bertz CT molecular complexity index is 889. The van der Waals surface area contributed by atoms with Gasteiger partial charge >= 0.3 is 17.9 Å². The third-order valence-corrected chi connectivity index (χ3v) is 3.53. The molecule has 0 saturated heterocycles. The molecule has 0 N–H and O–H groups in total. The molecular weight excluding hydrogens is 358 g/mol. The summed E-state index contributed by atoms with van der Waals surface area (Å²) in [5, 5.41) is 11.0. The highest BCUT2D eigenvalue weighted by atomic mass is 16.6. The summed E-state index contributed by atoms with van der Waals surface area (Å²) < 4.78 is 14.2. The van der Waals surface area contributed by atoms with Crippen LogP contribution in [-0.4, -0.2) is 37.1 Å². The number of methoxy groups -OCH3 is 2. The number of nitro groups is 1. The molecule has 0 atom stereocenters.